The number of thiazole rings is 1. The number of carbonyl (C=O) groups excluding carboxylic acids is 2. The molecule has 0 atom stereocenters. The molecule has 0 aliphatic carbocycles. The van der Waals surface area contributed by atoms with Crippen LogP contribution in [0.2, 0.25) is 0 Å². The predicted molar refractivity (Wildman–Crippen MR) is 112 cm³/mol. The molecule has 2 heterocycles. The largest absolute Gasteiger partial charge is 0.465 e. The maximum absolute atomic E-state index is 12.5. The van der Waals surface area contributed by atoms with Crippen LogP contribution in [0.3, 0.4) is 0 Å². The number of hydrogen-bond donors (Lipinski definition) is 0. The van der Waals surface area contributed by atoms with Crippen LogP contribution in [0.5, 0.6) is 0 Å². The summed E-state index contributed by atoms with van der Waals surface area (Å²) in [7, 11) is 0. The number of rotatable bonds is 5. The fourth-order valence-electron chi connectivity index (χ4n) is 2.59. The number of ether oxygens (including phenoxy) is 1. The van der Waals surface area contributed by atoms with Crippen LogP contribution in [-0.4, -0.2) is 23.1 Å². The van der Waals surface area contributed by atoms with E-state index in [1.807, 2.05) is 18.2 Å². The molecule has 0 bridgehead atoms. The molecule has 0 radical (unpaired) electrons. The minimum Gasteiger partial charge on any atom is -0.465 e. The molecule has 0 fully saturated rings. The van der Waals surface area contributed by atoms with Crippen LogP contribution in [0.4, 0.5) is 0 Å². The Morgan fingerprint density at radius 3 is 2.63 bits per heavy atom. The molecule has 3 aromatic rings. The second-order valence-corrected chi connectivity index (χ2v) is 9.65. The highest BCUT2D eigenvalue weighted by molar-refractivity contribution is 9.11. The van der Waals surface area contributed by atoms with Crippen LogP contribution in [-0.2, 0) is 16.1 Å². The Kier molecular flexibility index (Phi) is 6.29. The number of carbonyl (C=O) groups is 2. The molecule has 0 saturated carbocycles. The van der Waals surface area contributed by atoms with Crippen LogP contribution in [0.1, 0.15) is 41.9 Å². The summed E-state index contributed by atoms with van der Waals surface area (Å²) in [6, 6.07) is 9.67. The van der Waals surface area contributed by atoms with E-state index in [1.54, 1.807) is 17.6 Å². The maximum atomic E-state index is 12.5. The smallest absolute Gasteiger partial charge is 0.326 e. The number of halogens is 1. The van der Waals surface area contributed by atoms with Gasteiger partial charge in [0.1, 0.15) is 6.54 Å². The lowest BCUT2D eigenvalue weighted by molar-refractivity contribution is -0.143. The molecule has 0 spiro atoms. The van der Waals surface area contributed by atoms with Crippen molar-refractivity contribution in [3.8, 4) is 0 Å². The fourth-order valence-corrected chi connectivity index (χ4v) is 4.94. The molecule has 0 aliphatic heterocycles. The second kappa shape index (κ2) is 8.50. The topological polar surface area (TPSA) is 60.7 Å². The van der Waals surface area contributed by atoms with Crippen molar-refractivity contribution in [1.29, 1.82) is 0 Å². The van der Waals surface area contributed by atoms with E-state index in [2.05, 4.69) is 40.8 Å². The number of aromatic nitrogens is 1. The van der Waals surface area contributed by atoms with Crippen molar-refractivity contribution < 1.29 is 14.3 Å². The first-order valence-electron chi connectivity index (χ1n) is 8.52. The fraction of sp³-hybridized carbons (Fsp3) is 0.316. The minimum atomic E-state index is -0.349. The molecule has 0 unspecified atom stereocenters. The molecule has 3 rings (SSSR count). The van der Waals surface area contributed by atoms with E-state index in [9.17, 15) is 9.59 Å². The summed E-state index contributed by atoms with van der Waals surface area (Å²) in [5.74, 6) is -0.280. The quantitative estimate of drug-likeness (QED) is 0.499. The standard InChI is InChI=1S/C19H19BrN2O3S2/c1-4-25-17(23)10-22-13-6-5-12(11(2)3)9-15(13)27-19(22)21-18(24)14-7-8-16(20)26-14/h5-9,11H,4,10H2,1-3H3. The van der Waals surface area contributed by atoms with Crippen LogP contribution in [0.15, 0.2) is 39.1 Å². The molecule has 1 amide bonds. The average molecular weight is 467 g/mol. The first kappa shape index (κ1) is 20.0. The lowest BCUT2D eigenvalue weighted by Crippen LogP contribution is -2.23. The van der Waals surface area contributed by atoms with Gasteiger partial charge in [-0.25, -0.2) is 0 Å². The Balaban J connectivity index is 2.12. The third-order valence-corrected chi connectivity index (χ3v) is 6.60. The Hall–Kier alpha value is -1.77. The molecule has 27 heavy (non-hydrogen) atoms. The summed E-state index contributed by atoms with van der Waals surface area (Å²) in [6.07, 6.45) is 0. The number of nitrogens with zero attached hydrogens (tertiary/aromatic N) is 2. The molecule has 5 nitrogen and oxygen atoms in total. The molecule has 0 saturated heterocycles. The molecular weight excluding hydrogens is 448 g/mol. The molecule has 142 valence electrons. The minimum absolute atomic E-state index is 0.0229. The van der Waals surface area contributed by atoms with Gasteiger partial charge < -0.3 is 9.30 Å². The van der Waals surface area contributed by atoms with Gasteiger partial charge in [0.15, 0.2) is 4.80 Å². The summed E-state index contributed by atoms with van der Waals surface area (Å²) in [5.41, 5.74) is 2.07. The Morgan fingerprint density at radius 1 is 1.22 bits per heavy atom. The predicted octanol–water partition coefficient (Wildman–Crippen LogP) is 4.95. The number of esters is 1. The molecule has 1 aromatic carbocycles. The third-order valence-electron chi connectivity index (χ3n) is 3.95. The van der Waals surface area contributed by atoms with E-state index < -0.39 is 0 Å². The van der Waals surface area contributed by atoms with Crippen LogP contribution >= 0.6 is 38.6 Å². The average Bonchev–Trinajstić information content (AvgIpc) is 3.19. The molecule has 2 aromatic heterocycles. The van der Waals surface area contributed by atoms with Crippen molar-refractivity contribution in [2.45, 2.75) is 33.2 Å². The van der Waals surface area contributed by atoms with E-state index in [0.29, 0.717) is 22.2 Å². The summed E-state index contributed by atoms with van der Waals surface area (Å²) in [6.45, 7) is 6.37. The summed E-state index contributed by atoms with van der Waals surface area (Å²) < 4.78 is 8.70. The third kappa shape index (κ3) is 4.56. The van der Waals surface area contributed by atoms with Crippen LogP contribution in [0, 0.1) is 0 Å². The van der Waals surface area contributed by atoms with Crippen molar-refractivity contribution in [3.63, 3.8) is 0 Å². The summed E-state index contributed by atoms with van der Waals surface area (Å²) >= 11 is 6.10. The first-order valence-corrected chi connectivity index (χ1v) is 10.9. The van der Waals surface area contributed by atoms with E-state index in [-0.39, 0.29) is 18.4 Å². The van der Waals surface area contributed by atoms with Crippen LogP contribution < -0.4 is 4.80 Å². The van der Waals surface area contributed by atoms with Gasteiger partial charge in [0.2, 0.25) is 0 Å². The Labute approximate surface area is 173 Å². The van der Waals surface area contributed by atoms with Gasteiger partial charge in [-0.2, -0.15) is 4.99 Å². The SMILES string of the molecule is CCOC(=O)Cn1c(=NC(=O)c2ccc(Br)s2)sc2cc(C(C)C)ccc21. The van der Waals surface area contributed by atoms with Gasteiger partial charge in [0.25, 0.3) is 5.91 Å². The number of fused-ring (bicyclic) bond motifs is 1. The number of benzene rings is 1. The zero-order chi connectivity index (χ0) is 19.6. The van der Waals surface area contributed by atoms with Gasteiger partial charge in [-0.15, -0.1) is 11.3 Å². The highest BCUT2D eigenvalue weighted by Gasteiger charge is 2.14. The first-order chi connectivity index (χ1) is 12.9. The summed E-state index contributed by atoms with van der Waals surface area (Å²) in [4.78, 5) is 29.9. The Bertz CT molecular complexity index is 1060. The van der Waals surface area contributed by atoms with E-state index in [1.165, 1.54) is 28.2 Å². The monoisotopic (exact) mass is 466 g/mol. The van der Waals surface area contributed by atoms with Gasteiger partial charge in [-0.3, -0.25) is 9.59 Å². The molecule has 8 heteroatoms. The normalized spacial score (nSPS) is 12.1. The van der Waals surface area contributed by atoms with Crippen molar-refractivity contribution in [1.82, 2.24) is 4.57 Å². The van der Waals surface area contributed by atoms with E-state index >= 15 is 0 Å². The maximum Gasteiger partial charge on any atom is 0.326 e. The number of thiophene rings is 1. The van der Waals surface area contributed by atoms with E-state index in [0.717, 1.165) is 14.0 Å². The zero-order valence-electron chi connectivity index (χ0n) is 15.2. The van der Waals surface area contributed by atoms with Gasteiger partial charge in [-0.1, -0.05) is 31.3 Å². The summed E-state index contributed by atoms with van der Waals surface area (Å²) in [5, 5.41) is 0. The number of hydrogen-bond acceptors (Lipinski definition) is 5. The van der Waals surface area contributed by atoms with Crippen LogP contribution in [0.25, 0.3) is 10.2 Å². The lowest BCUT2D eigenvalue weighted by Gasteiger charge is -2.07. The molecule has 0 N–H and O–H groups in total. The Morgan fingerprint density at radius 2 is 2.00 bits per heavy atom. The zero-order valence-corrected chi connectivity index (χ0v) is 18.4. The van der Waals surface area contributed by atoms with Gasteiger partial charge in [0.05, 0.1) is 25.5 Å². The van der Waals surface area contributed by atoms with Crippen molar-refractivity contribution in [3.05, 3.63) is 49.4 Å². The van der Waals surface area contributed by atoms with E-state index in [4.69, 9.17) is 4.74 Å². The highest BCUT2D eigenvalue weighted by Crippen LogP contribution is 2.25. The molecular formula is C19H19BrN2O3S2. The molecule has 0 aliphatic rings. The van der Waals surface area contributed by atoms with Gasteiger partial charge in [0, 0.05) is 0 Å². The van der Waals surface area contributed by atoms with Crippen molar-refractivity contribution in [2.24, 2.45) is 4.99 Å². The van der Waals surface area contributed by atoms with Gasteiger partial charge >= 0.3 is 5.97 Å². The highest BCUT2D eigenvalue weighted by atomic mass is 79.9. The lowest BCUT2D eigenvalue weighted by atomic mass is 10.0. The van der Waals surface area contributed by atoms with Crippen molar-refractivity contribution in [2.75, 3.05) is 6.61 Å². The second-order valence-electron chi connectivity index (χ2n) is 6.18. The number of amides is 1. The van der Waals surface area contributed by atoms with Gasteiger partial charge in [-0.05, 0) is 58.6 Å². The van der Waals surface area contributed by atoms with Crippen molar-refractivity contribution >= 4 is 60.7 Å².